The zero-order chi connectivity index (χ0) is 17.4. The zero-order valence-electron chi connectivity index (χ0n) is 13.9. The molecule has 0 aliphatic carbocycles. The predicted octanol–water partition coefficient (Wildman–Crippen LogP) is 2.29. The first kappa shape index (κ1) is 17.8. The molecule has 5 heteroatoms. The number of nitrogens with two attached hydrogens (primary N) is 1. The Bertz CT molecular complexity index is 686. The third-order valence-electron chi connectivity index (χ3n) is 3.61. The van der Waals surface area contributed by atoms with Gasteiger partial charge < -0.3 is 11.1 Å². The summed E-state index contributed by atoms with van der Waals surface area (Å²) in [6.07, 6.45) is 0. The summed E-state index contributed by atoms with van der Waals surface area (Å²) in [6.45, 7) is 3.54. The van der Waals surface area contributed by atoms with Crippen molar-refractivity contribution in [1.82, 2.24) is 4.90 Å². The second-order valence-corrected chi connectivity index (χ2v) is 5.67. The van der Waals surface area contributed by atoms with E-state index in [1.165, 1.54) is 6.92 Å². The van der Waals surface area contributed by atoms with Crippen LogP contribution < -0.4 is 11.1 Å². The zero-order valence-corrected chi connectivity index (χ0v) is 13.9. The number of carbonyl (C=O) groups excluding carboxylic acids is 2. The molecule has 0 aliphatic rings. The molecule has 3 N–H and O–H groups in total. The van der Waals surface area contributed by atoms with E-state index in [1.54, 1.807) is 24.3 Å². The fraction of sp³-hybridized carbons (Fsp3) is 0.263. The number of anilines is 1. The average Bonchev–Trinajstić information content (AvgIpc) is 2.56. The van der Waals surface area contributed by atoms with E-state index in [2.05, 4.69) is 5.32 Å². The molecule has 0 atom stereocenters. The fourth-order valence-corrected chi connectivity index (χ4v) is 2.46. The van der Waals surface area contributed by atoms with Crippen LogP contribution in [0.25, 0.3) is 0 Å². The summed E-state index contributed by atoms with van der Waals surface area (Å²) in [5.74, 6) is -0.153. The highest BCUT2D eigenvalue weighted by Gasteiger charge is 2.11. The number of hydrogen-bond acceptors (Lipinski definition) is 4. The summed E-state index contributed by atoms with van der Waals surface area (Å²) in [4.78, 5) is 25.7. The third kappa shape index (κ3) is 5.61. The first-order chi connectivity index (χ1) is 11.6. The topological polar surface area (TPSA) is 75.4 Å². The average molecular weight is 325 g/mol. The lowest BCUT2D eigenvalue weighted by Crippen LogP contribution is -2.36. The highest BCUT2D eigenvalue weighted by Crippen LogP contribution is 2.11. The van der Waals surface area contributed by atoms with Gasteiger partial charge in [-0.1, -0.05) is 42.5 Å². The van der Waals surface area contributed by atoms with Gasteiger partial charge in [0.1, 0.15) is 0 Å². The molecule has 0 radical (unpaired) electrons. The molecule has 2 aromatic carbocycles. The van der Waals surface area contributed by atoms with E-state index in [9.17, 15) is 9.59 Å². The van der Waals surface area contributed by atoms with E-state index in [4.69, 9.17) is 5.73 Å². The monoisotopic (exact) mass is 325 g/mol. The first-order valence-corrected chi connectivity index (χ1v) is 7.95. The lowest BCUT2D eigenvalue weighted by molar-refractivity contribution is -0.117. The lowest BCUT2D eigenvalue weighted by Gasteiger charge is -2.21. The number of amides is 1. The highest BCUT2D eigenvalue weighted by molar-refractivity contribution is 5.97. The SMILES string of the molecule is CC(=O)c1cccc(NC(=O)CN(CCN)Cc2ccccc2)c1. The summed E-state index contributed by atoms with van der Waals surface area (Å²) in [6, 6.07) is 16.9. The van der Waals surface area contributed by atoms with Crippen LogP contribution in [0.5, 0.6) is 0 Å². The Balaban J connectivity index is 1.97. The Morgan fingerprint density at radius 2 is 1.83 bits per heavy atom. The molecule has 5 nitrogen and oxygen atoms in total. The fourth-order valence-electron chi connectivity index (χ4n) is 2.46. The number of benzene rings is 2. The molecule has 0 saturated heterocycles. The van der Waals surface area contributed by atoms with Gasteiger partial charge in [-0.25, -0.2) is 0 Å². The molecule has 0 heterocycles. The van der Waals surface area contributed by atoms with E-state index >= 15 is 0 Å². The van der Waals surface area contributed by atoms with Gasteiger partial charge in [0.15, 0.2) is 5.78 Å². The molecule has 0 aliphatic heterocycles. The first-order valence-electron chi connectivity index (χ1n) is 7.95. The van der Waals surface area contributed by atoms with Gasteiger partial charge in [-0.2, -0.15) is 0 Å². The molecule has 2 aromatic rings. The number of Topliss-reactive ketones (excluding diaryl/α,β-unsaturated/α-hetero) is 1. The molecular formula is C19H23N3O2. The molecule has 0 bridgehead atoms. The van der Waals surface area contributed by atoms with Crippen molar-refractivity contribution in [1.29, 1.82) is 0 Å². The third-order valence-corrected chi connectivity index (χ3v) is 3.61. The Kier molecular flexibility index (Phi) is 6.66. The van der Waals surface area contributed by atoms with Gasteiger partial charge in [0.05, 0.1) is 6.54 Å². The largest absolute Gasteiger partial charge is 0.329 e. The summed E-state index contributed by atoms with van der Waals surface area (Å²) < 4.78 is 0. The maximum absolute atomic E-state index is 12.3. The summed E-state index contributed by atoms with van der Waals surface area (Å²) in [5, 5.41) is 2.84. The van der Waals surface area contributed by atoms with Crippen LogP contribution >= 0.6 is 0 Å². The number of carbonyl (C=O) groups is 2. The molecular weight excluding hydrogens is 302 g/mol. The van der Waals surface area contributed by atoms with Gasteiger partial charge >= 0.3 is 0 Å². The van der Waals surface area contributed by atoms with Crippen LogP contribution in [0.2, 0.25) is 0 Å². The van der Waals surface area contributed by atoms with Gasteiger partial charge in [0, 0.05) is 30.9 Å². The Hall–Kier alpha value is -2.50. The van der Waals surface area contributed by atoms with E-state index < -0.39 is 0 Å². The van der Waals surface area contributed by atoms with Crippen LogP contribution in [-0.4, -0.2) is 36.2 Å². The molecule has 2 rings (SSSR count). The van der Waals surface area contributed by atoms with Crippen molar-refractivity contribution in [2.75, 3.05) is 25.0 Å². The molecule has 24 heavy (non-hydrogen) atoms. The molecule has 126 valence electrons. The van der Waals surface area contributed by atoms with Crippen LogP contribution in [0.4, 0.5) is 5.69 Å². The Labute approximate surface area is 142 Å². The second-order valence-electron chi connectivity index (χ2n) is 5.67. The van der Waals surface area contributed by atoms with Gasteiger partial charge in [-0.3, -0.25) is 14.5 Å². The van der Waals surface area contributed by atoms with E-state index in [0.717, 1.165) is 5.56 Å². The van der Waals surface area contributed by atoms with Crippen molar-refractivity contribution in [3.8, 4) is 0 Å². The van der Waals surface area contributed by atoms with Gasteiger partial charge in [-0.05, 0) is 24.6 Å². The number of nitrogens with one attached hydrogen (secondary N) is 1. The van der Waals surface area contributed by atoms with Crippen molar-refractivity contribution < 1.29 is 9.59 Å². The highest BCUT2D eigenvalue weighted by atomic mass is 16.2. The number of ketones is 1. The minimum absolute atomic E-state index is 0.0278. The molecule has 0 spiro atoms. The summed E-state index contributed by atoms with van der Waals surface area (Å²) in [7, 11) is 0. The van der Waals surface area contributed by atoms with Crippen LogP contribution in [0.15, 0.2) is 54.6 Å². The summed E-state index contributed by atoms with van der Waals surface area (Å²) >= 11 is 0. The van der Waals surface area contributed by atoms with Crippen molar-refractivity contribution >= 4 is 17.4 Å². The maximum atomic E-state index is 12.3. The van der Waals surface area contributed by atoms with Gasteiger partial charge in [-0.15, -0.1) is 0 Å². The van der Waals surface area contributed by atoms with Gasteiger partial charge in [0.25, 0.3) is 0 Å². The van der Waals surface area contributed by atoms with E-state index in [0.29, 0.717) is 30.9 Å². The van der Waals surface area contributed by atoms with E-state index in [-0.39, 0.29) is 18.2 Å². The van der Waals surface area contributed by atoms with Crippen LogP contribution in [0.1, 0.15) is 22.8 Å². The quantitative estimate of drug-likeness (QED) is 0.730. The Morgan fingerprint density at radius 1 is 1.08 bits per heavy atom. The van der Waals surface area contributed by atoms with Crippen LogP contribution in [0.3, 0.4) is 0 Å². The molecule has 0 unspecified atom stereocenters. The standard InChI is InChI=1S/C19H23N3O2/c1-15(23)17-8-5-9-18(12-17)21-19(24)14-22(11-10-20)13-16-6-3-2-4-7-16/h2-9,12H,10-11,13-14,20H2,1H3,(H,21,24). The van der Waals surface area contributed by atoms with Crippen molar-refractivity contribution in [3.63, 3.8) is 0 Å². The summed E-state index contributed by atoms with van der Waals surface area (Å²) in [5.41, 5.74) is 7.99. The van der Waals surface area contributed by atoms with Crippen LogP contribution in [0, 0.1) is 0 Å². The number of nitrogens with zero attached hydrogens (tertiary/aromatic N) is 1. The van der Waals surface area contributed by atoms with E-state index in [1.807, 2.05) is 35.2 Å². The molecule has 0 fully saturated rings. The lowest BCUT2D eigenvalue weighted by atomic mass is 10.1. The molecule has 1 amide bonds. The van der Waals surface area contributed by atoms with Crippen molar-refractivity contribution in [2.45, 2.75) is 13.5 Å². The minimum atomic E-state index is -0.125. The smallest absolute Gasteiger partial charge is 0.238 e. The normalized spacial score (nSPS) is 10.6. The molecule has 0 saturated carbocycles. The molecule has 0 aromatic heterocycles. The maximum Gasteiger partial charge on any atom is 0.238 e. The minimum Gasteiger partial charge on any atom is -0.329 e. The Morgan fingerprint density at radius 3 is 2.50 bits per heavy atom. The van der Waals surface area contributed by atoms with Crippen molar-refractivity contribution in [2.24, 2.45) is 5.73 Å². The van der Waals surface area contributed by atoms with Crippen LogP contribution in [-0.2, 0) is 11.3 Å². The predicted molar refractivity (Wildman–Crippen MR) is 95.8 cm³/mol. The number of rotatable bonds is 8. The van der Waals surface area contributed by atoms with Gasteiger partial charge in [0.2, 0.25) is 5.91 Å². The second kappa shape index (κ2) is 8.96. The number of hydrogen-bond donors (Lipinski definition) is 2. The van der Waals surface area contributed by atoms with Crippen molar-refractivity contribution in [3.05, 3.63) is 65.7 Å².